The van der Waals surface area contributed by atoms with Crippen LogP contribution < -0.4 is 4.90 Å². The Balaban J connectivity index is 2.18. The first-order valence-electron chi connectivity index (χ1n) is 6.53. The topological polar surface area (TPSA) is 27.0 Å². The number of para-hydroxylation sites is 1. The first-order valence-corrected chi connectivity index (χ1v) is 6.53. The van der Waals surface area contributed by atoms with Crippen LogP contribution in [0, 0.1) is 17.2 Å². The molecule has 0 saturated carbocycles. The molecule has 0 aliphatic rings. The number of hydrogen-bond acceptors (Lipinski definition) is 2. The van der Waals surface area contributed by atoms with Crippen LogP contribution in [0.4, 0.5) is 5.69 Å². The average Bonchev–Trinajstić information content (AvgIpc) is 2.48. The molecule has 0 saturated heterocycles. The minimum Gasteiger partial charge on any atom is -0.366 e. The van der Waals surface area contributed by atoms with Gasteiger partial charge in [-0.15, -0.1) is 0 Å². The van der Waals surface area contributed by atoms with E-state index in [1.54, 1.807) is 0 Å². The van der Waals surface area contributed by atoms with Gasteiger partial charge >= 0.3 is 0 Å². The summed E-state index contributed by atoms with van der Waals surface area (Å²) in [6.45, 7) is 3.53. The fourth-order valence-corrected chi connectivity index (χ4v) is 2.08. The number of anilines is 1. The van der Waals surface area contributed by atoms with E-state index in [4.69, 9.17) is 5.26 Å². The molecule has 19 heavy (non-hydrogen) atoms. The van der Waals surface area contributed by atoms with Gasteiger partial charge in [-0.2, -0.15) is 5.26 Å². The Morgan fingerprint density at radius 3 is 2.16 bits per heavy atom. The highest BCUT2D eigenvalue weighted by atomic mass is 15.1. The molecule has 0 N–H and O–H groups in total. The van der Waals surface area contributed by atoms with Gasteiger partial charge in [-0.05, 0) is 24.6 Å². The zero-order chi connectivity index (χ0) is 13.5. The van der Waals surface area contributed by atoms with Crippen molar-refractivity contribution in [3.8, 4) is 6.07 Å². The second kappa shape index (κ2) is 6.61. The second-order valence-corrected chi connectivity index (χ2v) is 4.73. The summed E-state index contributed by atoms with van der Waals surface area (Å²) in [4.78, 5) is 2.25. The van der Waals surface area contributed by atoms with Crippen molar-refractivity contribution < 1.29 is 0 Å². The first-order chi connectivity index (χ1) is 9.29. The summed E-state index contributed by atoms with van der Waals surface area (Å²) in [7, 11) is 0. The summed E-state index contributed by atoms with van der Waals surface area (Å²) in [6, 6.07) is 22.9. The maximum absolute atomic E-state index is 9.02. The molecule has 2 nitrogen and oxygen atoms in total. The molecule has 0 radical (unpaired) electrons. The molecule has 2 aromatic rings. The van der Waals surface area contributed by atoms with Crippen LogP contribution in [0.1, 0.15) is 12.5 Å². The van der Waals surface area contributed by atoms with E-state index >= 15 is 0 Å². The molecule has 2 rings (SSSR count). The molecule has 1 atom stereocenters. The highest BCUT2D eigenvalue weighted by Gasteiger charge is 2.10. The smallest absolute Gasteiger partial charge is 0.0671 e. The quantitative estimate of drug-likeness (QED) is 0.805. The van der Waals surface area contributed by atoms with E-state index in [0.717, 1.165) is 18.8 Å². The van der Waals surface area contributed by atoms with Gasteiger partial charge in [0.2, 0.25) is 0 Å². The SMILES string of the molecule is CC(C#N)CN(Cc1ccccc1)c1ccccc1. The largest absolute Gasteiger partial charge is 0.366 e. The lowest BCUT2D eigenvalue weighted by Crippen LogP contribution is -2.27. The number of nitriles is 1. The van der Waals surface area contributed by atoms with E-state index in [0.29, 0.717) is 0 Å². The monoisotopic (exact) mass is 250 g/mol. The molecule has 2 heteroatoms. The van der Waals surface area contributed by atoms with Crippen molar-refractivity contribution in [2.24, 2.45) is 5.92 Å². The van der Waals surface area contributed by atoms with Gasteiger partial charge in [0, 0.05) is 18.8 Å². The first kappa shape index (κ1) is 13.2. The molecule has 0 aliphatic carbocycles. The summed E-state index contributed by atoms with van der Waals surface area (Å²) < 4.78 is 0. The van der Waals surface area contributed by atoms with Gasteiger partial charge in [0.05, 0.1) is 12.0 Å². The van der Waals surface area contributed by atoms with Gasteiger partial charge in [-0.3, -0.25) is 0 Å². The van der Waals surface area contributed by atoms with Crippen molar-refractivity contribution in [2.45, 2.75) is 13.5 Å². The third kappa shape index (κ3) is 3.86. The molecule has 0 fully saturated rings. The lowest BCUT2D eigenvalue weighted by molar-refractivity contribution is 0.672. The van der Waals surface area contributed by atoms with E-state index in [1.807, 2.05) is 43.3 Å². The summed E-state index contributed by atoms with van der Waals surface area (Å²) in [5.41, 5.74) is 2.42. The van der Waals surface area contributed by atoms with Crippen LogP contribution >= 0.6 is 0 Å². The van der Waals surface area contributed by atoms with E-state index < -0.39 is 0 Å². The summed E-state index contributed by atoms with van der Waals surface area (Å²) in [5.74, 6) is 0.0175. The number of hydrogen-bond donors (Lipinski definition) is 0. The predicted molar refractivity (Wildman–Crippen MR) is 78.7 cm³/mol. The van der Waals surface area contributed by atoms with Gasteiger partial charge in [0.1, 0.15) is 0 Å². The highest BCUT2D eigenvalue weighted by Crippen LogP contribution is 2.18. The standard InChI is InChI=1S/C17H18N2/c1-15(12-18)13-19(17-10-6-3-7-11-17)14-16-8-4-2-5-9-16/h2-11,15H,13-14H2,1H3. The predicted octanol–water partition coefficient (Wildman–Crippen LogP) is 3.85. The molecular formula is C17H18N2. The number of nitrogens with zero attached hydrogens (tertiary/aromatic N) is 2. The molecule has 96 valence electrons. The summed E-state index contributed by atoms with van der Waals surface area (Å²) in [5, 5.41) is 9.02. The maximum Gasteiger partial charge on any atom is 0.0671 e. The Labute approximate surface area is 114 Å². The van der Waals surface area contributed by atoms with E-state index in [-0.39, 0.29) is 5.92 Å². The fourth-order valence-electron chi connectivity index (χ4n) is 2.08. The van der Waals surface area contributed by atoms with Crippen molar-refractivity contribution in [2.75, 3.05) is 11.4 Å². The molecule has 0 spiro atoms. The van der Waals surface area contributed by atoms with Gasteiger partial charge in [0.25, 0.3) is 0 Å². The van der Waals surface area contributed by atoms with Gasteiger partial charge < -0.3 is 4.90 Å². The van der Waals surface area contributed by atoms with Crippen LogP contribution in [0.2, 0.25) is 0 Å². The molecule has 2 aromatic carbocycles. The minimum atomic E-state index is 0.0175. The maximum atomic E-state index is 9.02. The molecule has 0 amide bonds. The van der Waals surface area contributed by atoms with Crippen molar-refractivity contribution >= 4 is 5.69 Å². The highest BCUT2D eigenvalue weighted by molar-refractivity contribution is 5.46. The van der Waals surface area contributed by atoms with E-state index in [9.17, 15) is 0 Å². The molecule has 1 unspecified atom stereocenters. The van der Waals surface area contributed by atoms with Crippen LogP contribution in [-0.2, 0) is 6.54 Å². The molecular weight excluding hydrogens is 232 g/mol. The normalized spacial score (nSPS) is 11.6. The minimum absolute atomic E-state index is 0.0175. The number of benzene rings is 2. The fraction of sp³-hybridized carbons (Fsp3) is 0.235. The van der Waals surface area contributed by atoms with Crippen LogP contribution in [0.3, 0.4) is 0 Å². The summed E-state index contributed by atoms with van der Waals surface area (Å²) in [6.07, 6.45) is 0. The molecule has 0 bridgehead atoms. The zero-order valence-corrected chi connectivity index (χ0v) is 11.2. The van der Waals surface area contributed by atoms with E-state index in [2.05, 4.69) is 35.2 Å². The van der Waals surface area contributed by atoms with Crippen molar-refractivity contribution in [1.82, 2.24) is 0 Å². The Kier molecular flexibility index (Phi) is 4.58. The average molecular weight is 250 g/mol. The van der Waals surface area contributed by atoms with E-state index in [1.165, 1.54) is 5.56 Å². The Morgan fingerprint density at radius 1 is 1.00 bits per heavy atom. The second-order valence-electron chi connectivity index (χ2n) is 4.73. The summed E-state index contributed by atoms with van der Waals surface area (Å²) >= 11 is 0. The molecule has 0 aromatic heterocycles. The lowest BCUT2D eigenvalue weighted by atomic mass is 10.1. The van der Waals surface area contributed by atoms with Crippen molar-refractivity contribution in [3.05, 3.63) is 66.2 Å². The third-order valence-corrected chi connectivity index (χ3v) is 3.05. The van der Waals surface area contributed by atoms with Crippen LogP contribution in [-0.4, -0.2) is 6.54 Å². The Bertz CT molecular complexity index is 528. The van der Waals surface area contributed by atoms with Crippen molar-refractivity contribution in [1.29, 1.82) is 5.26 Å². The van der Waals surface area contributed by atoms with Crippen LogP contribution in [0.15, 0.2) is 60.7 Å². The van der Waals surface area contributed by atoms with Crippen LogP contribution in [0.25, 0.3) is 0 Å². The molecule has 0 aliphatic heterocycles. The van der Waals surface area contributed by atoms with Crippen LogP contribution in [0.5, 0.6) is 0 Å². The van der Waals surface area contributed by atoms with Gasteiger partial charge in [-0.1, -0.05) is 48.5 Å². The Hall–Kier alpha value is -2.27. The van der Waals surface area contributed by atoms with Gasteiger partial charge in [-0.25, -0.2) is 0 Å². The zero-order valence-electron chi connectivity index (χ0n) is 11.2. The number of rotatable bonds is 5. The molecule has 0 heterocycles. The lowest BCUT2D eigenvalue weighted by Gasteiger charge is -2.26. The third-order valence-electron chi connectivity index (χ3n) is 3.05. The van der Waals surface area contributed by atoms with Crippen molar-refractivity contribution in [3.63, 3.8) is 0 Å². The van der Waals surface area contributed by atoms with Gasteiger partial charge in [0.15, 0.2) is 0 Å². The Morgan fingerprint density at radius 2 is 1.58 bits per heavy atom.